The molecule has 0 aliphatic carbocycles. The lowest BCUT2D eigenvalue weighted by Crippen LogP contribution is -2.56. The zero-order valence-corrected chi connectivity index (χ0v) is 18.7. The molecule has 1 rings (SSSR count). The second-order valence-electron chi connectivity index (χ2n) is 7.31. The molecule has 0 bridgehead atoms. The lowest BCUT2D eigenvalue weighted by molar-refractivity contribution is -0.461. The summed E-state index contributed by atoms with van der Waals surface area (Å²) >= 11 is 0. The lowest BCUT2D eigenvalue weighted by Gasteiger charge is -2.31. The maximum absolute atomic E-state index is 13.9. The summed E-state index contributed by atoms with van der Waals surface area (Å²) in [5, 5.41) is 8.92. The highest BCUT2D eigenvalue weighted by atomic mass is 19.4. The minimum absolute atomic E-state index is 0.152. The van der Waals surface area contributed by atoms with Crippen molar-refractivity contribution in [1.82, 2.24) is 0 Å². The van der Waals surface area contributed by atoms with Gasteiger partial charge in [0.1, 0.15) is 0 Å². The van der Waals surface area contributed by atoms with Crippen LogP contribution in [0.5, 0.6) is 11.5 Å². The van der Waals surface area contributed by atoms with Gasteiger partial charge in [-0.3, -0.25) is 9.47 Å². The van der Waals surface area contributed by atoms with E-state index in [1.807, 2.05) is 0 Å². The Balaban J connectivity index is 3.34. The van der Waals surface area contributed by atoms with Gasteiger partial charge in [0, 0.05) is 0 Å². The van der Waals surface area contributed by atoms with E-state index in [9.17, 15) is 87.8 Å². The van der Waals surface area contributed by atoms with Crippen LogP contribution in [0, 0.1) is 0 Å². The molecule has 0 aliphatic rings. The monoisotopic (exact) mass is 672 g/mol. The molecule has 25 heteroatoms. The number of aliphatic hydroxyl groups excluding tert-OH is 1. The smallest absolute Gasteiger partial charge is 0.425 e. The van der Waals surface area contributed by atoms with Gasteiger partial charge < -0.3 is 14.6 Å². The Bertz CT molecular complexity index is 1070. The molecule has 42 heavy (non-hydrogen) atoms. The van der Waals surface area contributed by atoms with Crippen molar-refractivity contribution < 1.29 is 112 Å². The van der Waals surface area contributed by atoms with Gasteiger partial charge in [-0.15, -0.1) is 0 Å². The van der Waals surface area contributed by atoms with E-state index in [1.54, 1.807) is 0 Å². The molecular formula is C17H8F20O5. The van der Waals surface area contributed by atoms with Crippen molar-refractivity contribution in [3.8, 4) is 11.5 Å². The zero-order valence-electron chi connectivity index (χ0n) is 18.7. The first-order valence-corrected chi connectivity index (χ1v) is 9.52. The summed E-state index contributed by atoms with van der Waals surface area (Å²) in [6, 6.07) is -0.00600. The van der Waals surface area contributed by atoms with Crippen LogP contribution in [0.4, 0.5) is 87.8 Å². The first kappa shape index (κ1) is 37.3. The van der Waals surface area contributed by atoms with Crippen molar-refractivity contribution in [2.45, 2.75) is 68.0 Å². The summed E-state index contributed by atoms with van der Waals surface area (Å²) in [6.07, 6.45) is -51.8. The average molecular weight is 672 g/mol. The molecule has 0 radical (unpaired) electrons. The number of halogens is 20. The highest BCUT2D eigenvalue weighted by Gasteiger charge is 2.77. The van der Waals surface area contributed by atoms with Crippen LogP contribution in [0.2, 0.25) is 0 Å². The second-order valence-corrected chi connectivity index (χ2v) is 7.31. The van der Waals surface area contributed by atoms with Gasteiger partial charge in [-0.25, -0.2) is 8.78 Å². The summed E-state index contributed by atoms with van der Waals surface area (Å²) in [6.45, 7) is -1.32. The van der Waals surface area contributed by atoms with Gasteiger partial charge in [-0.05, 0) is 17.7 Å². The van der Waals surface area contributed by atoms with E-state index in [-0.39, 0.29) is 12.1 Å². The van der Waals surface area contributed by atoms with Crippen molar-refractivity contribution in [1.29, 1.82) is 0 Å². The van der Waals surface area contributed by atoms with E-state index in [1.165, 1.54) is 0 Å². The first-order valence-electron chi connectivity index (χ1n) is 9.52. The third kappa shape index (κ3) is 7.62. The number of aliphatic hydroxyl groups is 1. The lowest BCUT2D eigenvalue weighted by atomic mass is 10.2. The molecule has 0 saturated carbocycles. The maximum atomic E-state index is 13.9. The molecule has 0 aromatic heterocycles. The molecule has 246 valence electrons. The summed E-state index contributed by atoms with van der Waals surface area (Å²) in [5.41, 5.74) is -0.800. The van der Waals surface area contributed by atoms with E-state index in [0.717, 1.165) is 0 Å². The van der Waals surface area contributed by atoms with Crippen molar-refractivity contribution in [3.05, 3.63) is 23.8 Å². The van der Waals surface area contributed by atoms with Gasteiger partial charge in [-0.2, -0.15) is 79.0 Å². The molecule has 0 saturated heterocycles. The summed E-state index contributed by atoms with van der Waals surface area (Å²) in [7, 11) is 0. The first-order chi connectivity index (χ1) is 18.4. The number of benzene rings is 1. The standard InChI is InChI=1S/C17H8F20O5/c18-8(41-16(34,35)12(24,25)14(28,29)30)10(20,21)39-6-2-1-5(4-38)3-7(6)40-11(22,23)9(19)42-17(36,37)13(26,27)15(31,32)33/h1-3,8-9,38H,4H2. The fourth-order valence-corrected chi connectivity index (χ4v) is 2.08. The molecule has 0 amide bonds. The molecule has 0 heterocycles. The Hall–Kier alpha value is -2.70. The normalized spacial score (nSPS) is 16.3. The Morgan fingerprint density at radius 1 is 0.548 bits per heavy atom. The zero-order chi connectivity index (χ0) is 33.5. The molecule has 1 aromatic carbocycles. The molecule has 2 unspecified atom stereocenters. The van der Waals surface area contributed by atoms with Gasteiger partial charge >= 0.3 is 61.3 Å². The number of hydrogen-bond acceptors (Lipinski definition) is 5. The van der Waals surface area contributed by atoms with Crippen LogP contribution >= 0.6 is 0 Å². The molecular weight excluding hydrogens is 664 g/mol. The molecule has 1 aromatic rings. The number of ether oxygens (including phenoxy) is 4. The van der Waals surface area contributed by atoms with Gasteiger partial charge in [0.05, 0.1) is 6.61 Å². The minimum atomic E-state index is -7.34. The summed E-state index contributed by atoms with van der Waals surface area (Å²) < 4.78 is 269. The van der Waals surface area contributed by atoms with Crippen LogP contribution in [0.25, 0.3) is 0 Å². The predicted octanol–water partition coefficient (Wildman–Crippen LogP) is 7.33. The number of alkyl halides is 20. The largest absolute Gasteiger partial charge is 0.462 e. The van der Waals surface area contributed by atoms with E-state index in [2.05, 4.69) is 18.9 Å². The van der Waals surface area contributed by atoms with E-state index < -0.39 is 85.0 Å². The van der Waals surface area contributed by atoms with E-state index in [4.69, 9.17) is 5.11 Å². The van der Waals surface area contributed by atoms with Crippen LogP contribution in [-0.2, 0) is 16.1 Å². The third-order valence-electron chi connectivity index (χ3n) is 4.16. The Morgan fingerprint density at radius 3 is 1.19 bits per heavy atom. The van der Waals surface area contributed by atoms with E-state index in [0.29, 0.717) is 6.07 Å². The van der Waals surface area contributed by atoms with Gasteiger partial charge in [0.2, 0.25) is 0 Å². The van der Waals surface area contributed by atoms with Crippen molar-refractivity contribution >= 4 is 0 Å². The van der Waals surface area contributed by atoms with Crippen LogP contribution < -0.4 is 9.47 Å². The molecule has 0 fully saturated rings. The Morgan fingerprint density at radius 2 is 0.881 bits per heavy atom. The highest BCUT2D eigenvalue weighted by Crippen LogP contribution is 2.50. The van der Waals surface area contributed by atoms with Crippen LogP contribution in [0.1, 0.15) is 5.56 Å². The van der Waals surface area contributed by atoms with Crippen LogP contribution in [0.3, 0.4) is 0 Å². The van der Waals surface area contributed by atoms with Gasteiger partial charge in [0.25, 0.3) is 0 Å². The Labute approximate surface area is 216 Å². The van der Waals surface area contributed by atoms with Crippen LogP contribution in [-0.4, -0.2) is 66.5 Å². The van der Waals surface area contributed by atoms with Crippen molar-refractivity contribution in [2.24, 2.45) is 0 Å². The van der Waals surface area contributed by atoms with Gasteiger partial charge in [0.15, 0.2) is 11.5 Å². The second kappa shape index (κ2) is 11.4. The molecule has 0 spiro atoms. The SMILES string of the molecule is OCc1ccc(OC(F)(F)C(F)OC(F)(F)C(F)(F)C(F)(F)F)c(OC(F)(F)C(F)OC(F)(F)C(F)(F)C(F)(F)F)c1. The van der Waals surface area contributed by atoms with E-state index >= 15 is 0 Å². The van der Waals surface area contributed by atoms with Crippen LogP contribution in [0.15, 0.2) is 18.2 Å². The van der Waals surface area contributed by atoms with Crippen molar-refractivity contribution in [3.63, 3.8) is 0 Å². The number of hydrogen-bond donors (Lipinski definition) is 1. The molecule has 1 N–H and O–H groups in total. The third-order valence-corrected chi connectivity index (χ3v) is 4.16. The molecule has 5 nitrogen and oxygen atoms in total. The summed E-state index contributed by atoms with van der Waals surface area (Å²) in [5.74, 6) is -19.1. The quantitative estimate of drug-likeness (QED) is 0.223. The van der Waals surface area contributed by atoms with Crippen molar-refractivity contribution in [2.75, 3.05) is 0 Å². The highest BCUT2D eigenvalue weighted by molar-refractivity contribution is 5.43. The summed E-state index contributed by atoms with van der Waals surface area (Å²) in [4.78, 5) is 0. The fourth-order valence-electron chi connectivity index (χ4n) is 2.08. The molecule has 2 atom stereocenters. The fraction of sp³-hybridized carbons (Fsp3) is 0.647. The topological polar surface area (TPSA) is 57.2 Å². The predicted molar refractivity (Wildman–Crippen MR) is 87.4 cm³/mol. The Kier molecular flexibility index (Phi) is 10.2. The average Bonchev–Trinajstić information content (AvgIpc) is 2.77. The number of rotatable bonds is 13. The minimum Gasteiger partial charge on any atom is -0.425 e. The molecule has 0 aliphatic heterocycles. The maximum Gasteiger partial charge on any atom is 0.462 e. The van der Waals surface area contributed by atoms with Gasteiger partial charge in [-0.1, -0.05) is 6.07 Å².